The number of amides is 1. The molecule has 0 aliphatic carbocycles. The molecule has 2 atom stereocenters. The first kappa shape index (κ1) is 26.4. The molecule has 0 aromatic carbocycles. The zero-order valence-electron chi connectivity index (χ0n) is 20.3. The van der Waals surface area contributed by atoms with E-state index in [0.717, 1.165) is 0 Å². The quantitative estimate of drug-likeness (QED) is 0.388. The molecule has 0 saturated carbocycles. The molecule has 0 spiro atoms. The van der Waals surface area contributed by atoms with Gasteiger partial charge in [-0.15, -0.1) is 0 Å². The summed E-state index contributed by atoms with van der Waals surface area (Å²) in [7, 11) is 2.53. The Morgan fingerprint density at radius 1 is 1.12 bits per heavy atom. The number of rotatable bonds is 8. The molecule has 0 radical (unpaired) electrons. The second-order valence-corrected chi connectivity index (χ2v) is 9.74. The Bertz CT molecular complexity index is 945. The van der Waals surface area contributed by atoms with Crippen molar-refractivity contribution in [3.05, 3.63) is 22.5 Å². The second-order valence-electron chi connectivity index (χ2n) is 9.74. The van der Waals surface area contributed by atoms with Crippen LogP contribution in [0.15, 0.2) is 0 Å². The van der Waals surface area contributed by atoms with Crippen LogP contribution in [-0.2, 0) is 41.4 Å². The number of hydrogen-bond donors (Lipinski definition) is 3. The minimum Gasteiger partial charge on any atom is -0.469 e. The maximum atomic E-state index is 12.9. The number of ether oxygens (including phenoxy) is 3. The number of esters is 3. The van der Waals surface area contributed by atoms with Gasteiger partial charge in [-0.3, -0.25) is 14.4 Å². The van der Waals surface area contributed by atoms with Crippen LogP contribution in [0.3, 0.4) is 0 Å². The highest BCUT2D eigenvalue weighted by molar-refractivity contribution is 5.90. The molecule has 10 nitrogen and oxygen atoms in total. The SMILES string of the molecule is COC(=O)CCc1c(C(=O)OC(C)(C)C)[nH]c(C[C@@]2(O)NC(=O)C[C@]2(C)CC(=O)OC)c1C. The third-order valence-electron chi connectivity index (χ3n) is 5.98. The molecule has 10 heteroatoms. The Morgan fingerprint density at radius 2 is 1.73 bits per heavy atom. The fourth-order valence-electron chi connectivity index (χ4n) is 4.05. The monoisotopic (exact) mass is 466 g/mol. The van der Waals surface area contributed by atoms with Gasteiger partial charge in [0, 0.05) is 30.4 Å². The van der Waals surface area contributed by atoms with Crippen LogP contribution in [0.25, 0.3) is 0 Å². The minimum absolute atomic E-state index is 0.0471. The fraction of sp³-hybridized carbons (Fsp3) is 0.652. The molecular formula is C23H34N2O8. The van der Waals surface area contributed by atoms with E-state index in [2.05, 4.69) is 10.3 Å². The summed E-state index contributed by atoms with van der Waals surface area (Å²) in [5, 5.41) is 14.0. The van der Waals surface area contributed by atoms with Crippen molar-refractivity contribution in [1.29, 1.82) is 0 Å². The van der Waals surface area contributed by atoms with Crippen molar-refractivity contribution in [2.75, 3.05) is 14.2 Å². The molecule has 0 unspecified atom stereocenters. The highest BCUT2D eigenvalue weighted by atomic mass is 16.6. The molecule has 2 rings (SSSR count). The second kappa shape index (κ2) is 9.54. The largest absolute Gasteiger partial charge is 0.469 e. The smallest absolute Gasteiger partial charge is 0.355 e. The van der Waals surface area contributed by atoms with Crippen LogP contribution in [0.4, 0.5) is 0 Å². The van der Waals surface area contributed by atoms with Crippen LogP contribution in [0.2, 0.25) is 0 Å². The Labute approximate surface area is 193 Å². The molecule has 1 aromatic rings. The molecule has 1 saturated heterocycles. The van der Waals surface area contributed by atoms with Crippen LogP contribution >= 0.6 is 0 Å². The highest BCUT2D eigenvalue weighted by Crippen LogP contribution is 2.44. The van der Waals surface area contributed by atoms with E-state index < -0.39 is 40.6 Å². The van der Waals surface area contributed by atoms with Crippen molar-refractivity contribution in [2.24, 2.45) is 5.41 Å². The number of carbonyl (C=O) groups is 4. The molecule has 2 heterocycles. The maximum absolute atomic E-state index is 12.9. The third-order valence-corrected chi connectivity index (χ3v) is 5.98. The zero-order valence-corrected chi connectivity index (χ0v) is 20.3. The third kappa shape index (κ3) is 5.93. The molecule has 3 N–H and O–H groups in total. The number of H-pyrrole nitrogens is 1. The predicted octanol–water partition coefficient (Wildman–Crippen LogP) is 1.70. The van der Waals surface area contributed by atoms with E-state index in [9.17, 15) is 24.3 Å². The van der Waals surface area contributed by atoms with Crippen molar-refractivity contribution in [3.8, 4) is 0 Å². The molecule has 184 valence electrons. The number of aliphatic hydroxyl groups is 1. The summed E-state index contributed by atoms with van der Waals surface area (Å²) in [5.41, 5.74) is -1.78. The van der Waals surface area contributed by atoms with Gasteiger partial charge in [-0.1, -0.05) is 6.92 Å². The molecule has 1 fully saturated rings. The molecule has 1 aliphatic heterocycles. The van der Waals surface area contributed by atoms with Crippen LogP contribution in [0.5, 0.6) is 0 Å². The lowest BCUT2D eigenvalue weighted by molar-refractivity contribution is -0.150. The number of hydrogen-bond acceptors (Lipinski definition) is 8. The molecule has 1 amide bonds. The first-order valence-electron chi connectivity index (χ1n) is 10.8. The molecule has 33 heavy (non-hydrogen) atoms. The van der Waals surface area contributed by atoms with Gasteiger partial charge in [0.25, 0.3) is 0 Å². The summed E-state index contributed by atoms with van der Waals surface area (Å²) in [6, 6.07) is 0. The van der Waals surface area contributed by atoms with Crippen molar-refractivity contribution in [2.45, 2.75) is 78.0 Å². The van der Waals surface area contributed by atoms with Crippen LogP contribution in [-0.4, -0.2) is 59.5 Å². The van der Waals surface area contributed by atoms with E-state index in [1.807, 2.05) is 0 Å². The van der Waals surface area contributed by atoms with Gasteiger partial charge < -0.3 is 29.6 Å². The van der Waals surface area contributed by atoms with Crippen LogP contribution in [0.1, 0.15) is 74.3 Å². The Kier molecular flexibility index (Phi) is 7.63. The average Bonchev–Trinajstić information content (AvgIpc) is 3.10. The molecule has 1 aromatic heterocycles. The van der Waals surface area contributed by atoms with Gasteiger partial charge in [-0.05, 0) is 45.2 Å². The van der Waals surface area contributed by atoms with Gasteiger partial charge in [-0.2, -0.15) is 0 Å². The average molecular weight is 467 g/mol. The van der Waals surface area contributed by atoms with Gasteiger partial charge in [0.15, 0.2) is 0 Å². The summed E-state index contributed by atoms with van der Waals surface area (Å²) in [6.07, 6.45) is -0.0650. The molecule has 1 aliphatic rings. The van der Waals surface area contributed by atoms with Crippen molar-refractivity contribution in [3.63, 3.8) is 0 Å². The summed E-state index contributed by atoms with van der Waals surface area (Å²) in [4.78, 5) is 51.8. The van der Waals surface area contributed by atoms with Crippen LogP contribution in [0, 0.1) is 12.3 Å². The Balaban J connectivity index is 2.46. The summed E-state index contributed by atoms with van der Waals surface area (Å²) < 4.78 is 15.0. The lowest BCUT2D eigenvalue weighted by Crippen LogP contribution is -2.54. The van der Waals surface area contributed by atoms with Crippen LogP contribution < -0.4 is 5.32 Å². The lowest BCUT2D eigenvalue weighted by atomic mass is 9.74. The minimum atomic E-state index is -1.77. The number of aromatic nitrogens is 1. The predicted molar refractivity (Wildman–Crippen MR) is 117 cm³/mol. The highest BCUT2D eigenvalue weighted by Gasteiger charge is 2.56. The topological polar surface area (TPSA) is 144 Å². The Morgan fingerprint density at radius 3 is 2.27 bits per heavy atom. The van der Waals surface area contributed by atoms with Gasteiger partial charge in [0.1, 0.15) is 17.0 Å². The number of methoxy groups -OCH3 is 2. The molecule has 0 bridgehead atoms. The molecular weight excluding hydrogens is 432 g/mol. The van der Waals surface area contributed by atoms with E-state index in [0.29, 0.717) is 16.8 Å². The van der Waals surface area contributed by atoms with Gasteiger partial charge in [0.05, 0.1) is 20.6 Å². The van der Waals surface area contributed by atoms with E-state index in [1.54, 1.807) is 34.6 Å². The van der Waals surface area contributed by atoms with Gasteiger partial charge in [0.2, 0.25) is 5.91 Å². The van der Waals surface area contributed by atoms with Gasteiger partial charge >= 0.3 is 17.9 Å². The van der Waals surface area contributed by atoms with E-state index in [1.165, 1.54) is 14.2 Å². The van der Waals surface area contributed by atoms with Crippen molar-refractivity contribution < 1.29 is 38.5 Å². The number of carbonyl (C=O) groups excluding carboxylic acids is 4. The number of nitrogens with one attached hydrogen (secondary N) is 2. The number of aromatic amines is 1. The summed E-state index contributed by atoms with van der Waals surface area (Å²) in [6.45, 7) is 8.61. The van der Waals surface area contributed by atoms with Gasteiger partial charge in [-0.25, -0.2) is 4.79 Å². The zero-order chi connectivity index (χ0) is 25.2. The van der Waals surface area contributed by atoms with E-state index in [-0.39, 0.29) is 37.8 Å². The van der Waals surface area contributed by atoms with E-state index in [4.69, 9.17) is 14.2 Å². The van der Waals surface area contributed by atoms with Crippen molar-refractivity contribution >= 4 is 23.8 Å². The Hall–Kier alpha value is -2.88. The maximum Gasteiger partial charge on any atom is 0.355 e. The summed E-state index contributed by atoms with van der Waals surface area (Å²) in [5.74, 6) is -1.98. The lowest BCUT2D eigenvalue weighted by Gasteiger charge is -2.37. The summed E-state index contributed by atoms with van der Waals surface area (Å²) >= 11 is 0. The fourth-order valence-corrected chi connectivity index (χ4v) is 4.05. The first-order chi connectivity index (χ1) is 15.1. The first-order valence-corrected chi connectivity index (χ1v) is 10.8. The standard InChI is InChI=1S/C23H34N2O8/c1-13-14(8-9-17(27)31-6)19(20(29)33-21(2,3)4)24-15(13)10-23(30)22(5,11-16(26)25-23)12-18(28)32-7/h24,30H,8-12H2,1-7H3,(H,25,26)/t22-,23+/m1/s1. The van der Waals surface area contributed by atoms with Crippen molar-refractivity contribution in [1.82, 2.24) is 10.3 Å². The normalized spacial score (nSPS) is 22.6. The van der Waals surface area contributed by atoms with E-state index >= 15 is 0 Å².